The van der Waals surface area contributed by atoms with Gasteiger partial charge in [0.2, 0.25) is 0 Å². The van der Waals surface area contributed by atoms with Gasteiger partial charge in [0.05, 0.1) is 0 Å². The topological polar surface area (TPSA) is 0 Å². The molecule has 2 aromatic rings. The maximum Gasteiger partial charge on any atom is 0.0226 e. The van der Waals surface area contributed by atoms with E-state index in [1.807, 2.05) is 0 Å². The van der Waals surface area contributed by atoms with Crippen LogP contribution in [0, 0.1) is 17.8 Å². The third-order valence-corrected chi connectivity index (χ3v) is 8.24. The summed E-state index contributed by atoms with van der Waals surface area (Å²) in [5.74, 6) is 2.64. The molecule has 0 aliphatic heterocycles. The molecule has 2 unspecified atom stereocenters. The van der Waals surface area contributed by atoms with Crippen LogP contribution in [-0.2, 0) is 10.8 Å². The van der Waals surface area contributed by atoms with Crippen molar-refractivity contribution < 1.29 is 0 Å². The van der Waals surface area contributed by atoms with Gasteiger partial charge < -0.3 is 0 Å². The van der Waals surface area contributed by atoms with Crippen LogP contribution in [0.4, 0.5) is 0 Å². The fourth-order valence-corrected chi connectivity index (χ4v) is 8.02. The van der Waals surface area contributed by atoms with E-state index in [9.17, 15) is 0 Å². The van der Waals surface area contributed by atoms with Crippen LogP contribution in [0.15, 0.2) is 42.5 Å². The highest BCUT2D eigenvalue weighted by Gasteiger charge is 2.59. The predicted octanol–water partition coefficient (Wildman–Crippen LogP) is 8.75. The van der Waals surface area contributed by atoms with Crippen LogP contribution >= 0.6 is 0 Å². The first-order chi connectivity index (χ1) is 14.7. The van der Waals surface area contributed by atoms with E-state index < -0.39 is 0 Å². The summed E-state index contributed by atoms with van der Waals surface area (Å²) in [4.78, 5) is 0. The van der Waals surface area contributed by atoms with E-state index in [-0.39, 0.29) is 10.8 Å². The minimum atomic E-state index is 0.155. The smallest absolute Gasteiger partial charge is 0.0226 e. The van der Waals surface area contributed by atoms with Gasteiger partial charge in [0.15, 0.2) is 0 Å². The van der Waals surface area contributed by atoms with E-state index in [4.69, 9.17) is 0 Å². The summed E-state index contributed by atoms with van der Waals surface area (Å²) >= 11 is 0. The quantitative estimate of drug-likeness (QED) is 0.445. The standard InChI is InChI=1S/C31H40/c1-19(2)15-30(16-20(3)4)26-14-10-12-23-22(7)18-31(17-21(5)6)25-13-9-8-11-24(25)28(30)29(31)27(23)26/h8-14,19-22H,15-18H2,1-7H3. The second kappa shape index (κ2) is 7.09. The highest BCUT2D eigenvalue weighted by atomic mass is 14.6. The molecular weight excluding hydrogens is 372 g/mol. The summed E-state index contributed by atoms with van der Waals surface area (Å²) in [6.45, 7) is 17.0. The molecule has 0 saturated carbocycles. The predicted molar refractivity (Wildman–Crippen MR) is 134 cm³/mol. The van der Waals surface area contributed by atoms with E-state index in [1.165, 1.54) is 25.7 Å². The van der Waals surface area contributed by atoms with Crippen molar-refractivity contribution in [2.24, 2.45) is 17.8 Å². The van der Waals surface area contributed by atoms with Crippen LogP contribution in [-0.4, -0.2) is 0 Å². The van der Waals surface area contributed by atoms with Gasteiger partial charge in [-0.05, 0) is 88.3 Å². The van der Waals surface area contributed by atoms with Gasteiger partial charge in [-0.1, -0.05) is 90.9 Å². The molecule has 3 aliphatic carbocycles. The third kappa shape index (κ3) is 2.79. The van der Waals surface area contributed by atoms with E-state index in [1.54, 1.807) is 39.0 Å². The van der Waals surface area contributed by atoms with Gasteiger partial charge in [-0.2, -0.15) is 0 Å². The van der Waals surface area contributed by atoms with Crippen LogP contribution in [0.25, 0.3) is 11.1 Å². The van der Waals surface area contributed by atoms with Gasteiger partial charge in [0, 0.05) is 10.8 Å². The molecule has 0 amide bonds. The van der Waals surface area contributed by atoms with Crippen molar-refractivity contribution >= 4 is 11.1 Å². The Morgan fingerprint density at radius 1 is 0.742 bits per heavy atom. The molecule has 0 nitrogen and oxygen atoms in total. The Kier molecular flexibility index (Phi) is 4.82. The molecule has 0 fully saturated rings. The lowest BCUT2D eigenvalue weighted by molar-refractivity contribution is 0.354. The molecule has 0 N–H and O–H groups in total. The number of hydrogen-bond acceptors (Lipinski definition) is 0. The Bertz CT molecular complexity index is 1040. The normalized spacial score (nSPS) is 25.0. The Morgan fingerprint density at radius 2 is 1.35 bits per heavy atom. The maximum absolute atomic E-state index is 2.50. The molecule has 0 saturated heterocycles. The van der Waals surface area contributed by atoms with Crippen LogP contribution < -0.4 is 0 Å². The van der Waals surface area contributed by atoms with Crippen molar-refractivity contribution in [2.75, 3.05) is 0 Å². The van der Waals surface area contributed by atoms with Gasteiger partial charge in [-0.25, -0.2) is 0 Å². The molecule has 3 aliphatic rings. The van der Waals surface area contributed by atoms with Gasteiger partial charge in [-0.3, -0.25) is 0 Å². The number of allylic oxidation sites excluding steroid dienone is 2. The second-order valence-corrected chi connectivity index (χ2v) is 12.1. The maximum atomic E-state index is 2.50. The lowest BCUT2D eigenvalue weighted by atomic mass is 9.59. The van der Waals surface area contributed by atoms with Crippen molar-refractivity contribution in [1.29, 1.82) is 0 Å². The van der Waals surface area contributed by atoms with E-state index in [0.717, 1.165) is 0 Å². The van der Waals surface area contributed by atoms with Crippen molar-refractivity contribution in [1.82, 2.24) is 0 Å². The molecule has 0 heteroatoms. The zero-order valence-corrected chi connectivity index (χ0v) is 20.7. The highest BCUT2D eigenvalue weighted by Crippen LogP contribution is 2.71. The molecular formula is C31H40. The molecule has 5 rings (SSSR count). The first-order valence-corrected chi connectivity index (χ1v) is 12.7. The first-order valence-electron chi connectivity index (χ1n) is 12.7. The largest absolute Gasteiger partial charge is 0.0627 e. The fourth-order valence-electron chi connectivity index (χ4n) is 8.02. The van der Waals surface area contributed by atoms with Gasteiger partial charge >= 0.3 is 0 Å². The zero-order valence-electron chi connectivity index (χ0n) is 20.7. The number of rotatable bonds is 6. The van der Waals surface area contributed by atoms with Crippen molar-refractivity contribution in [2.45, 2.75) is 90.9 Å². The summed E-state index contributed by atoms with van der Waals surface area (Å²) < 4.78 is 0. The van der Waals surface area contributed by atoms with Crippen LogP contribution in [0.1, 0.15) is 108 Å². The zero-order chi connectivity index (χ0) is 22.1. The lowest BCUT2D eigenvalue weighted by Crippen LogP contribution is -2.34. The minimum Gasteiger partial charge on any atom is -0.0627 e. The summed E-state index contributed by atoms with van der Waals surface area (Å²) in [7, 11) is 0. The molecule has 164 valence electrons. The molecule has 0 heterocycles. The summed E-state index contributed by atoms with van der Waals surface area (Å²) in [6, 6.07) is 16.8. The Morgan fingerprint density at radius 3 is 2.00 bits per heavy atom. The minimum absolute atomic E-state index is 0.155. The van der Waals surface area contributed by atoms with Gasteiger partial charge in [0.1, 0.15) is 0 Å². The molecule has 0 aromatic heterocycles. The Balaban J connectivity index is 1.92. The number of fused-ring (bicyclic) bond motifs is 3. The molecule has 0 spiro atoms. The average molecular weight is 413 g/mol. The average Bonchev–Trinajstić information content (AvgIpc) is 3.11. The highest BCUT2D eigenvalue weighted by molar-refractivity contribution is 6.11. The molecule has 2 aromatic carbocycles. The number of benzene rings is 2. The SMILES string of the molecule is CC(C)CC12CC(C)c3cccc4c3C1=C(c1ccccc12)C4(CC(C)C)CC(C)C. The fraction of sp³-hybridized carbons (Fsp3) is 0.548. The Labute approximate surface area is 190 Å². The van der Waals surface area contributed by atoms with E-state index in [0.29, 0.717) is 23.7 Å². The van der Waals surface area contributed by atoms with Crippen molar-refractivity contribution in [3.8, 4) is 0 Å². The molecule has 0 radical (unpaired) electrons. The molecule has 2 atom stereocenters. The first kappa shape index (κ1) is 21.0. The summed E-state index contributed by atoms with van der Waals surface area (Å²) in [5, 5.41) is 0. The Hall–Kier alpha value is -1.82. The lowest BCUT2D eigenvalue weighted by Gasteiger charge is -2.43. The summed E-state index contributed by atoms with van der Waals surface area (Å²) in [6.07, 6.45) is 5.03. The van der Waals surface area contributed by atoms with Gasteiger partial charge in [-0.15, -0.1) is 0 Å². The molecule has 0 bridgehead atoms. The van der Waals surface area contributed by atoms with E-state index >= 15 is 0 Å². The van der Waals surface area contributed by atoms with Gasteiger partial charge in [0.25, 0.3) is 0 Å². The van der Waals surface area contributed by atoms with Crippen LogP contribution in [0.5, 0.6) is 0 Å². The van der Waals surface area contributed by atoms with E-state index in [2.05, 4.69) is 90.9 Å². The van der Waals surface area contributed by atoms with Crippen molar-refractivity contribution in [3.63, 3.8) is 0 Å². The van der Waals surface area contributed by atoms with Crippen LogP contribution in [0.2, 0.25) is 0 Å². The monoisotopic (exact) mass is 412 g/mol. The summed E-state index contributed by atoms with van der Waals surface area (Å²) in [5.41, 5.74) is 12.0. The number of hydrogen-bond donors (Lipinski definition) is 0. The molecule has 31 heavy (non-hydrogen) atoms. The van der Waals surface area contributed by atoms with Crippen LogP contribution in [0.3, 0.4) is 0 Å². The third-order valence-electron chi connectivity index (χ3n) is 8.24. The van der Waals surface area contributed by atoms with Crippen molar-refractivity contribution in [3.05, 3.63) is 70.3 Å². The second-order valence-electron chi connectivity index (χ2n) is 12.1.